The molecule has 136 valence electrons. The van der Waals surface area contributed by atoms with Gasteiger partial charge in [-0.25, -0.2) is 9.97 Å². The quantitative estimate of drug-likeness (QED) is 0.243. The zero-order valence-corrected chi connectivity index (χ0v) is 17.3. The maximum Gasteiger partial charge on any atom is 0.163 e. The molecule has 0 radical (unpaired) electrons. The number of benzene rings is 2. The van der Waals surface area contributed by atoms with Crippen molar-refractivity contribution in [1.29, 1.82) is 0 Å². The fourth-order valence-corrected chi connectivity index (χ4v) is 3.04. The first-order valence-electron chi connectivity index (χ1n) is 7.86. The summed E-state index contributed by atoms with van der Waals surface area (Å²) in [6.07, 6.45) is 3.43. The first-order valence-corrected chi connectivity index (χ1v) is 9.43. The molecule has 0 aliphatic carbocycles. The third-order valence-electron chi connectivity index (χ3n) is 3.69. The van der Waals surface area contributed by atoms with Gasteiger partial charge in [0.25, 0.3) is 0 Å². The first kappa shape index (κ1) is 20.2. The Kier molecular flexibility index (Phi) is 6.90. The van der Waals surface area contributed by atoms with E-state index in [4.69, 9.17) is 23.2 Å². The maximum absolute atomic E-state index is 6.01. The SMILES string of the molecule is S=C=Nc1cc2c(Cl)cccc2cn1.S=C=Nc1cc2ccc(Cl)cc2cn1. The highest BCUT2D eigenvalue weighted by Crippen LogP contribution is 2.25. The number of hydrogen-bond acceptors (Lipinski definition) is 6. The normalized spacial score (nSPS) is 9.79. The van der Waals surface area contributed by atoms with Gasteiger partial charge in [0, 0.05) is 38.6 Å². The topological polar surface area (TPSA) is 50.5 Å². The summed E-state index contributed by atoms with van der Waals surface area (Å²) in [7, 11) is 0. The van der Waals surface area contributed by atoms with Gasteiger partial charge in [-0.3, -0.25) is 0 Å². The minimum atomic E-state index is 0.528. The van der Waals surface area contributed by atoms with Gasteiger partial charge >= 0.3 is 0 Å². The standard InChI is InChI=1S/2C10H5ClN2S/c11-9-2-1-7-4-10(13-6-14)12-5-8(7)3-9;11-9-3-1-2-7-5-12-10(13-6-14)4-8(7)9/h2*1-5H. The van der Waals surface area contributed by atoms with Crippen molar-refractivity contribution in [1.82, 2.24) is 9.97 Å². The Balaban J connectivity index is 0.000000161. The minimum absolute atomic E-state index is 0.528. The van der Waals surface area contributed by atoms with E-state index in [-0.39, 0.29) is 0 Å². The number of isothiocyanates is 2. The minimum Gasteiger partial charge on any atom is -0.236 e. The third kappa shape index (κ3) is 5.03. The van der Waals surface area contributed by atoms with Gasteiger partial charge in [0.2, 0.25) is 0 Å². The monoisotopic (exact) mass is 440 g/mol. The van der Waals surface area contributed by atoms with Gasteiger partial charge in [-0.15, -0.1) is 0 Å². The van der Waals surface area contributed by atoms with Crippen molar-refractivity contribution in [3.8, 4) is 0 Å². The predicted molar refractivity (Wildman–Crippen MR) is 123 cm³/mol. The number of rotatable bonds is 2. The van der Waals surface area contributed by atoms with Crippen molar-refractivity contribution in [2.24, 2.45) is 9.98 Å². The number of aliphatic imine (C=N–C) groups is 2. The van der Waals surface area contributed by atoms with E-state index in [1.165, 1.54) is 0 Å². The molecule has 0 bridgehead atoms. The molecule has 0 aliphatic rings. The summed E-state index contributed by atoms with van der Waals surface area (Å²) in [4.78, 5) is 15.8. The van der Waals surface area contributed by atoms with Crippen LogP contribution in [0.5, 0.6) is 0 Å². The van der Waals surface area contributed by atoms with Crippen molar-refractivity contribution < 1.29 is 0 Å². The molecule has 0 atom stereocenters. The Morgan fingerprint density at radius 3 is 2.14 bits per heavy atom. The highest BCUT2D eigenvalue weighted by Gasteiger charge is 2.00. The fraction of sp³-hybridized carbons (Fsp3) is 0. The van der Waals surface area contributed by atoms with E-state index in [0.717, 1.165) is 21.5 Å². The molecule has 0 aliphatic heterocycles. The molecule has 4 nitrogen and oxygen atoms in total. The van der Waals surface area contributed by atoms with Crippen molar-refractivity contribution in [3.63, 3.8) is 0 Å². The third-order valence-corrected chi connectivity index (χ3v) is 4.43. The molecule has 2 heterocycles. The molecule has 4 aromatic rings. The number of fused-ring (bicyclic) bond motifs is 2. The molecule has 8 heteroatoms. The molecule has 0 unspecified atom stereocenters. The van der Waals surface area contributed by atoms with Gasteiger partial charge < -0.3 is 0 Å². The van der Waals surface area contributed by atoms with Crippen LogP contribution in [-0.2, 0) is 0 Å². The van der Waals surface area contributed by atoms with E-state index < -0.39 is 0 Å². The largest absolute Gasteiger partial charge is 0.236 e. The van der Waals surface area contributed by atoms with Crippen molar-refractivity contribution >= 4 is 91.1 Å². The highest BCUT2D eigenvalue weighted by atomic mass is 35.5. The van der Waals surface area contributed by atoms with Gasteiger partial charge in [-0.2, -0.15) is 9.98 Å². The molecule has 2 aromatic heterocycles. The van der Waals surface area contributed by atoms with Crippen LogP contribution in [0.4, 0.5) is 11.6 Å². The molecule has 28 heavy (non-hydrogen) atoms. The average Bonchev–Trinajstić information content (AvgIpc) is 2.70. The Hall–Kier alpha value is -2.56. The van der Waals surface area contributed by atoms with Gasteiger partial charge in [-0.05, 0) is 60.2 Å². The van der Waals surface area contributed by atoms with Gasteiger partial charge in [0.1, 0.15) is 0 Å². The van der Waals surface area contributed by atoms with E-state index >= 15 is 0 Å². The smallest absolute Gasteiger partial charge is 0.163 e. The summed E-state index contributed by atoms with van der Waals surface area (Å²) >= 11 is 20.9. The lowest BCUT2D eigenvalue weighted by Gasteiger charge is -1.99. The molecule has 4 rings (SSSR count). The molecular formula is C20H10Cl2N4S2. The lowest BCUT2D eigenvalue weighted by Crippen LogP contribution is -1.77. The highest BCUT2D eigenvalue weighted by molar-refractivity contribution is 7.78. The van der Waals surface area contributed by atoms with Crippen LogP contribution in [0.25, 0.3) is 21.5 Å². The Labute approximate surface area is 181 Å². The van der Waals surface area contributed by atoms with Gasteiger partial charge in [0.15, 0.2) is 11.6 Å². The molecule has 0 spiro atoms. The molecule has 2 aromatic carbocycles. The van der Waals surface area contributed by atoms with E-state index in [2.05, 4.69) is 54.7 Å². The van der Waals surface area contributed by atoms with Crippen LogP contribution >= 0.6 is 47.6 Å². The van der Waals surface area contributed by atoms with Crippen molar-refractivity contribution in [2.75, 3.05) is 0 Å². The number of halogens is 2. The van der Waals surface area contributed by atoms with Crippen LogP contribution < -0.4 is 0 Å². The first-order chi connectivity index (χ1) is 13.6. The Morgan fingerprint density at radius 2 is 1.43 bits per heavy atom. The lowest BCUT2D eigenvalue weighted by atomic mass is 10.2. The van der Waals surface area contributed by atoms with E-state index in [0.29, 0.717) is 21.7 Å². The van der Waals surface area contributed by atoms with Crippen LogP contribution in [0, 0.1) is 0 Å². The predicted octanol–water partition coefficient (Wildman–Crippen LogP) is 7.25. The number of pyridine rings is 2. The van der Waals surface area contributed by atoms with E-state index in [1.54, 1.807) is 18.5 Å². The fourth-order valence-electron chi connectivity index (χ4n) is 2.44. The number of hydrogen-bond donors (Lipinski definition) is 0. The molecular weight excluding hydrogens is 431 g/mol. The number of nitrogens with zero attached hydrogens (tertiary/aromatic N) is 4. The zero-order chi connectivity index (χ0) is 19.9. The number of aromatic nitrogens is 2. The summed E-state index contributed by atoms with van der Waals surface area (Å²) in [5.41, 5.74) is 0. The maximum atomic E-state index is 6.01. The van der Waals surface area contributed by atoms with Gasteiger partial charge in [0.05, 0.1) is 10.3 Å². The van der Waals surface area contributed by atoms with Crippen LogP contribution in [0.1, 0.15) is 0 Å². The molecule has 0 saturated heterocycles. The average molecular weight is 441 g/mol. The van der Waals surface area contributed by atoms with Gasteiger partial charge in [-0.1, -0.05) is 41.4 Å². The van der Waals surface area contributed by atoms with Crippen LogP contribution in [0.3, 0.4) is 0 Å². The second-order valence-corrected chi connectivity index (χ2v) is 6.65. The zero-order valence-electron chi connectivity index (χ0n) is 14.1. The second-order valence-electron chi connectivity index (χ2n) is 5.44. The van der Waals surface area contributed by atoms with Crippen LogP contribution in [-0.4, -0.2) is 20.3 Å². The molecule has 0 saturated carbocycles. The van der Waals surface area contributed by atoms with E-state index in [9.17, 15) is 0 Å². The Bertz CT molecular complexity index is 1260. The summed E-state index contributed by atoms with van der Waals surface area (Å²) < 4.78 is 0. The number of thiocarbonyl (C=S) groups is 2. The summed E-state index contributed by atoms with van der Waals surface area (Å²) in [5.74, 6) is 1.09. The van der Waals surface area contributed by atoms with Crippen LogP contribution in [0.2, 0.25) is 10.0 Å². The summed E-state index contributed by atoms with van der Waals surface area (Å²) in [6, 6.07) is 14.9. The molecule has 0 amide bonds. The van der Waals surface area contributed by atoms with Crippen LogP contribution in [0.15, 0.2) is 70.9 Å². The van der Waals surface area contributed by atoms with E-state index in [1.807, 2.05) is 42.5 Å². The lowest BCUT2D eigenvalue weighted by molar-refractivity contribution is 1.31. The Morgan fingerprint density at radius 1 is 0.750 bits per heavy atom. The van der Waals surface area contributed by atoms with Crippen molar-refractivity contribution in [3.05, 3.63) is 71.0 Å². The molecule has 0 N–H and O–H groups in total. The molecule has 0 fully saturated rings. The summed E-state index contributed by atoms with van der Waals surface area (Å²) in [5, 5.41) is 9.87. The van der Waals surface area contributed by atoms with Crippen molar-refractivity contribution in [2.45, 2.75) is 0 Å². The summed E-state index contributed by atoms with van der Waals surface area (Å²) in [6.45, 7) is 0. The second kappa shape index (κ2) is 9.58.